The molecular formula is C13H17ClO2. The largest absolute Gasteiger partial charge is 0.378 e. The van der Waals surface area contributed by atoms with E-state index in [1.54, 1.807) is 6.07 Å². The minimum absolute atomic E-state index is 0.161. The molecule has 3 heteroatoms. The normalized spacial score (nSPS) is 10.8. The van der Waals surface area contributed by atoms with Crippen LogP contribution in [-0.4, -0.2) is 18.5 Å². The molecule has 0 radical (unpaired) electrons. The van der Waals surface area contributed by atoms with Gasteiger partial charge < -0.3 is 4.74 Å². The summed E-state index contributed by atoms with van der Waals surface area (Å²) in [5.41, 5.74) is 0.888. The molecule has 0 heterocycles. The number of ether oxygens (including phenoxy) is 1. The summed E-state index contributed by atoms with van der Waals surface area (Å²) in [5.74, 6) is 0.161. The van der Waals surface area contributed by atoms with E-state index >= 15 is 0 Å². The zero-order chi connectivity index (χ0) is 12.0. The van der Waals surface area contributed by atoms with Crippen LogP contribution >= 0.6 is 11.6 Å². The van der Waals surface area contributed by atoms with Gasteiger partial charge in [-0.3, -0.25) is 4.79 Å². The Bertz CT molecular complexity index is 348. The molecule has 88 valence electrons. The molecule has 2 nitrogen and oxygen atoms in total. The molecule has 0 bridgehead atoms. The highest BCUT2D eigenvalue weighted by atomic mass is 35.5. The van der Waals surface area contributed by atoms with Crippen molar-refractivity contribution in [2.24, 2.45) is 0 Å². The van der Waals surface area contributed by atoms with Crippen LogP contribution in [0.25, 0.3) is 0 Å². The average Bonchev–Trinajstić information content (AvgIpc) is 2.21. The van der Waals surface area contributed by atoms with Crippen LogP contribution in [0.4, 0.5) is 0 Å². The number of ketones is 1. The van der Waals surface area contributed by atoms with E-state index in [1.807, 2.05) is 32.0 Å². The number of carbonyl (C=O) groups excluding carboxylic acids is 1. The highest BCUT2D eigenvalue weighted by Crippen LogP contribution is 2.16. The molecule has 0 aliphatic heterocycles. The van der Waals surface area contributed by atoms with Gasteiger partial charge in [0.05, 0.1) is 12.7 Å². The average molecular weight is 241 g/mol. The minimum atomic E-state index is 0.161. The fourth-order valence-electron chi connectivity index (χ4n) is 1.35. The van der Waals surface area contributed by atoms with E-state index in [1.165, 1.54) is 0 Å². The molecule has 0 atom stereocenters. The van der Waals surface area contributed by atoms with Crippen molar-refractivity contribution in [3.05, 3.63) is 34.9 Å². The van der Waals surface area contributed by atoms with Gasteiger partial charge in [-0.05, 0) is 25.5 Å². The third-order valence-corrected chi connectivity index (χ3v) is 2.55. The molecular weight excluding hydrogens is 224 g/mol. The van der Waals surface area contributed by atoms with Crippen molar-refractivity contribution >= 4 is 17.4 Å². The third-order valence-electron chi connectivity index (χ3n) is 2.18. The monoisotopic (exact) mass is 240 g/mol. The standard InChI is InChI=1S/C13H17ClO2/c1-10(2)16-8-7-12(15)9-11-5-3-4-6-13(11)14/h3-6,10H,7-9H2,1-2H3. The van der Waals surface area contributed by atoms with E-state index in [9.17, 15) is 4.79 Å². The molecule has 0 saturated heterocycles. The molecule has 0 amide bonds. The van der Waals surface area contributed by atoms with Gasteiger partial charge >= 0.3 is 0 Å². The quantitative estimate of drug-likeness (QED) is 0.763. The van der Waals surface area contributed by atoms with E-state index in [4.69, 9.17) is 16.3 Å². The predicted molar refractivity (Wildman–Crippen MR) is 65.9 cm³/mol. The zero-order valence-corrected chi connectivity index (χ0v) is 10.5. The van der Waals surface area contributed by atoms with Gasteiger partial charge in [-0.15, -0.1) is 0 Å². The van der Waals surface area contributed by atoms with E-state index in [2.05, 4.69) is 0 Å². The maximum Gasteiger partial charge on any atom is 0.139 e. The SMILES string of the molecule is CC(C)OCCC(=O)Cc1ccccc1Cl. The van der Waals surface area contributed by atoms with Gasteiger partial charge in [-0.1, -0.05) is 29.8 Å². The minimum Gasteiger partial charge on any atom is -0.378 e. The lowest BCUT2D eigenvalue weighted by molar-refractivity contribution is -0.119. The number of rotatable bonds is 6. The van der Waals surface area contributed by atoms with Crippen LogP contribution in [0, 0.1) is 0 Å². The fourth-order valence-corrected chi connectivity index (χ4v) is 1.55. The summed E-state index contributed by atoms with van der Waals surface area (Å²) < 4.78 is 5.33. The van der Waals surface area contributed by atoms with Crippen molar-refractivity contribution < 1.29 is 9.53 Å². The highest BCUT2D eigenvalue weighted by Gasteiger charge is 2.07. The number of benzene rings is 1. The van der Waals surface area contributed by atoms with Crippen molar-refractivity contribution in [3.8, 4) is 0 Å². The number of carbonyl (C=O) groups is 1. The third kappa shape index (κ3) is 4.77. The molecule has 0 saturated carbocycles. The van der Waals surface area contributed by atoms with Gasteiger partial charge in [-0.2, -0.15) is 0 Å². The first kappa shape index (κ1) is 13.2. The number of hydrogen-bond acceptors (Lipinski definition) is 2. The Hall–Kier alpha value is -0.860. The molecule has 1 aromatic rings. The van der Waals surface area contributed by atoms with Crippen LogP contribution in [0.15, 0.2) is 24.3 Å². The highest BCUT2D eigenvalue weighted by molar-refractivity contribution is 6.31. The van der Waals surface area contributed by atoms with Gasteiger partial charge in [0.25, 0.3) is 0 Å². The van der Waals surface area contributed by atoms with E-state index in [0.717, 1.165) is 5.56 Å². The molecule has 16 heavy (non-hydrogen) atoms. The second-order valence-corrected chi connectivity index (χ2v) is 4.38. The van der Waals surface area contributed by atoms with Crippen LogP contribution in [0.3, 0.4) is 0 Å². The van der Waals surface area contributed by atoms with Gasteiger partial charge in [0.1, 0.15) is 5.78 Å². The number of hydrogen-bond donors (Lipinski definition) is 0. The summed E-state index contributed by atoms with van der Waals surface area (Å²) in [7, 11) is 0. The number of Topliss-reactive ketones (excluding diaryl/α,β-unsaturated/α-hetero) is 1. The molecule has 0 aliphatic carbocycles. The second-order valence-electron chi connectivity index (χ2n) is 3.98. The molecule has 0 aromatic heterocycles. The molecule has 0 spiro atoms. The second kappa shape index (κ2) is 6.66. The molecule has 0 fully saturated rings. The van der Waals surface area contributed by atoms with Crippen molar-refractivity contribution in [3.63, 3.8) is 0 Å². The Labute approximate surface area is 102 Å². The summed E-state index contributed by atoms with van der Waals surface area (Å²) in [6.45, 7) is 4.40. The molecule has 1 aromatic carbocycles. The van der Waals surface area contributed by atoms with E-state index < -0.39 is 0 Å². The lowest BCUT2D eigenvalue weighted by atomic mass is 10.1. The first-order valence-electron chi connectivity index (χ1n) is 5.46. The van der Waals surface area contributed by atoms with Gasteiger partial charge in [0.15, 0.2) is 0 Å². The summed E-state index contributed by atoms with van der Waals surface area (Å²) in [6, 6.07) is 7.43. The predicted octanol–water partition coefficient (Wildman–Crippen LogP) is 3.27. The number of halogens is 1. The summed E-state index contributed by atoms with van der Waals surface area (Å²) in [4.78, 5) is 11.6. The van der Waals surface area contributed by atoms with Crippen LogP contribution < -0.4 is 0 Å². The first-order valence-corrected chi connectivity index (χ1v) is 5.84. The molecule has 1 rings (SSSR count). The Morgan fingerprint density at radius 2 is 2.06 bits per heavy atom. The van der Waals surface area contributed by atoms with Gasteiger partial charge in [0.2, 0.25) is 0 Å². The maximum absolute atomic E-state index is 11.6. The fraction of sp³-hybridized carbons (Fsp3) is 0.462. The zero-order valence-electron chi connectivity index (χ0n) is 9.70. The molecule has 0 N–H and O–H groups in total. The lowest BCUT2D eigenvalue weighted by Gasteiger charge is -2.07. The van der Waals surface area contributed by atoms with Crippen molar-refractivity contribution in [2.45, 2.75) is 32.8 Å². The summed E-state index contributed by atoms with van der Waals surface area (Å²) in [5, 5.41) is 0.653. The molecule has 0 unspecified atom stereocenters. The smallest absolute Gasteiger partial charge is 0.139 e. The van der Waals surface area contributed by atoms with Crippen molar-refractivity contribution in [1.29, 1.82) is 0 Å². The Balaban J connectivity index is 2.37. The van der Waals surface area contributed by atoms with Crippen LogP contribution in [0.1, 0.15) is 25.8 Å². The van der Waals surface area contributed by atoms with Gasteiger partial charge in [-0.25, -0.2) is 0 Å². The lowest BCUT2D eigenvalue weighted by Crippen LogP contribution is -2.10. The molecule has 0 aliphatic rings. The van der Waals surface area contributed by atoms with Crippen molar-refractivity contribution in [1.82, 2.24) is 0 Å². The summed E-state index contributed by atoms with van der Waals surface area (Å²) in [6.07, 6.45) is 1.01. The topological polar surface area (TPSA) is 26.3 Å². The van der Waals surface area contributed by atoms with E-state index in [0.29, 0.717) is 24.5 Å². The van der Waals surface area contributed by atoms with E-state index in [-0.39, 0.29) is 11.9 Å². The van der Waals surface area contributed by atoms with Crippen LogP contribution in [0.5, 0.6) is 0 Å². The first-order chi connectivity index (χ1) is 7.59. The Morgan fingerprint density at radius 1 is 1.38 bits per heavy atom. The van der Waals surface area contributed by atoms with Crippen LogP contribution in [0.2, 0.25) is 5.02 Å². The maximum atomic E-state index is 11.6. The van der Waals surface area contributed by atoms with Crippen molar-refractivity contribution in [2.75, 3.05) is 6.61 Å². The van der Waals surface area contributed by atoms with Gasteiger partial charge in [0, 0.05) is 17.9 Å². The summed E-state index contributed by atoms with van der Waals surface area (Å²) >= 11 is 5.97. The Kier molecular flexibility index (Phi) is 5.50. The Morgan fingerprint density at radius 3 is 2.69 bits per heavy atom. The van der Waals surface area contributed by atoms with Crippen LogP contribution in [-0.2, 0) is 16.0 Å².